The number of hydrogen-bond donors (Lipinski definition) is 1. The lowest BCUT2D eigenvalue weighted by Gasteiger charge is -2.19. The van der Waals surface area contributed by atoms with Crippen LogP contribution in [-0.4, -0.2) is 43.7 Å². The Labute approximate surface area is 196 Å². The van der Waals surface area contributed by atoms with Crippen molar-refractivity contribution < 1.29 is 8.42 Å². The minimum atomic E-state index is -3.87. The van der Waals surface area contributed by atoms with Gasteiger partial charge in [-0.3, -0.25) is 9.98 Å². The molecule has 1 aliphatic rings. The maximum Gasteiger partial charge on any atom is 0.264 e. The van der Waals surface area contributed by atoms with E-state index >= 15 is 0 Å². The number of aliphatic imine (C=N–C) groups is 1. The highest BCUT2D eigenvalue weighted by atomic mass is 35.5. The molecule has 4 rings (SSSR count). The first-order valence-corrected chi connectivity index (χ1v) is 11.9. The number of halogens is 2. The summed E-state index contributed by atoms with van der Waals surface area (Å²) in [5, 5.41) is 7.35. The molecule has 0 saturated heterocycles. The number of guanidine groups is 1. The fourth-order valence-corrected chi connectivity index (χ4v) is 4.68. The fourth-order valence-electron chi connectivity index (χ4n) is 3.38. The molecule has 1 N–H and O–H groups in total. The summed E-state index contributed by atoms with van der Waals surface area (Å²) in [6.45, 7) is 0.401. The minimum Gasteiger partial charge on any atom is -0.265 e. The first-order chi connectivity index (χ1) is 15.4. The number of hydrogen-bond acceptors (Lipinski definition) is 5. The van der Waals surface area contributed by atoms with Crippen molar-refractivity contribution in [3.8, 4) is 0 Å². The molecular formula is C22H19Cl2N5O2S. The van der Waals surface area contributed by atoms with E-state index in [1.807, 2.05) is 24.3 Å². The van der Waals surface area contributed by atoms with Crippen molar-refractivity contribution >= 4 is 44.9 Å². The van der Waals surface area contributed by atoms with Crippen LogP contribution < -0.4 is 4.72 Å². The van der Waals surface area contributed by atoms with E-state index in [-0.39, 0.29) is 16.8 Å². The Morgan fingerprint density at radius 3 is 2.19 bits per heavy atom. The van der Waals surface area contributed by atoms with E-state index in [1.54, 1.807) is 29.5 Å². The maximum absolute atomic E-state index is 12.9. The van der Waals surface area contributed by atoms with Gasteiger partial charge in [0.2, 0.25) is 5.96 Å². The van der Waals surface area contributed by atoms with Gasteiger partial charge in [0, 0.05) is 35.4 Å². The predicted octanol–water partition coefficient (Wildman–Crippen LogP) is 4.16. The molecule has 2 heterocycles. The topological polar surface area (TPSA) is 87.0 Å². The number of nitrogens with zero attached hydrogens (tertiary/aromatic N) is 4. The Morgan fingerprint density at radius 2 is 1.59 bits per heavy atom. The third-order valence-corrected chi connectivity index (χ3v) is 6.82. The van der Waals surface area contributed by atoms with Gasteiger partial charge in [-0.1, -0.05) is 35.3 Å². The summed E-state index contributed by atoms with van der Waals surface area (Å²) in [6.07, 6.45) is 3.44. The van der Waals surface area contributed by atoms with Crippen LogP contribution in [-0.2, 0) is 10.0 Å². The molecule has 1 unspecified atom stereocenters. The largest absolute Gasteiger partial charge is 0.265 e. The highest BCUT2D eigenvalue weighted by molar-refractivity contribution is 7.90. The normalized spacial score (nSPS) is 16.7. The van der Waals surface area contributed by atoms with Crippen LogP contribution in [0.25, 0.3) is 0 Å². The van der Waals surface area contributed by atoms with E-state index in [0.29, 0.717) is 16.6 Å². The van der Waals surface area contributed by atoms with Crippen molar-refractivity contribution in [3.05, 3.63) is 94.2 Å². The second-order valence-electron chi connectivity index (χ2n) is 7.01. The number of rotatable bonds is 4. The Morgan fingerprint density at radius 1 is 1.00 bits per heavy atom. The van der Waals surface area contributed by atoms with Gasteiger partial charge in [0.15, 0.2) is 0 Å². The molecule has 1 aromatic heterocycles. The second kappa shape index (κ2) is 9.28. The number of hydrazone groups is 1. The van der Waals surface area contributed by atoms with Gasteiger partial charge in [0.25, 0.3) is 10.0 Å². The second-order valence-corrected chi connectivity index (χ2v) is 9.57. The molecule has 3 aromatic rings. The molecule has 1 atom stereocenters. The number of pyridine rings is 1. The number of nitrogens with one attached hydrogen (secondary N) is 1. The summed E-state index contributed by atoms with van der Waals surface area (Å²) in [5.74, 6) is -0.000990. The van der Waals surface area contributed by atoms with Crippen LogP contribution in [0.3, 0.4) is 0 Å². The van der Waals surface area contributed by atoms with Crippen LogP contribution in [0.4, 0.5) is 0 Å². The molecule has 32 heavy (non-hydrogen) atoms. The van der Waals surface area contributed by atoms with Crippen molar-refractivity contribution in [3.63, 3.8) is 0 Å². The maximum atomic E-state index is 12.9. The van der Waals surface area contributed by atoms with E-state index in [4.69, 9.17) is 28.3 Å². The number of benzene rings is 2. The van der Waals surface area contributed by atoms with Gasteiger partial charge in [-0.2, -0.15) is 5.10 Å². The highest BCUT2D eigenvalue weighted by Crippen LogP contribution is 2.29. The minimum absolute atomic E-state index is 0.0786. The van der Waals surface area contributed by atoms with Crippen LogP contribution in [0.15, 0.2) is 88.0 Å². The van der Waals surface area contributed by atoms with Crippen molar-refractivity contribution in [1.82, 2.24) is 14.7 Å². The molecule has 0 bridgehead atoms. The summed E-state index contributed by atoms with van der Waals surface area (Å²) in [4.78, 5) is 8.32. The molecule has 0 fully saturated rings. The van der Waals surface area contributed by atoms with Crippen molar-refractivity contribution in [2.75, 3.05) is 13.6 Å². The lowest BCUT2D eigenvalue weighted by Crippen LogP contribution is -2.41. The fraction of sp³-hybridized carbons (Fsp3) is 0.136. The van der Waals surface area contributed by atoms with Crippen LogP contribution in [0.5, 0.6) is 0 Å². The number of aromatic nitrogens is 1. The summed E-state index contributed by atoms with van der Waals surface area (Å²) < 4.78 is 28.3. The van der Waals surface area contributed by atoms with Gasteiger partial charge < -0.3 is 0 Å². The molecule has 2 aromatic carbocycles. The zero-order chi connectivity index (χ0) is 22.7. The Kier molecular flexibility index (Phi) is 6.45. The van der Waals surface area contributed by atoms with Crippen molar-refractivity contribution in [2.24, 2.45) is 10.1 Å². The predicted molar refractivity (Wildman–Crippen MR) is 127 cm³/mol. The lowest BCUT2D eigenvalue weighted by molar-refractivity contribution is 0.462. The average molecular weight is 488 g/mol. The standard InChI is InChI=1S/C22H19Cl2N5O2S/c1-25-22(28-32(30,31)19-8-6-18(24)7-9-19)29-14-20(15-10-12-26-13-11-15)21(27-29)16-2-4-17(23)5-3-16/h2-13,20H,14H2,1H3,(H,25,28). The Bertz CT molecular complexity index is 1260. The summed E-state index contributed by atoms with van der Waals surface area (Å²) >= 11 is 11.9. The first-order valence-electron chi connectivity index (χ1n) is 9.64. The quantitative estimate of drug-likeness (QED) is 0.442. The van der Waals surface area contributed by atoms with E-state index in [1.165, 1.54) is 31.3 Å². The highest BCUT2D eigenvalue weighted by Gasteiger charge is 2.32. The van der Waals surface area contributed by atoms with Crippen LogP contribution >= 0.6 is 23.2 Å². The Balaban J connectivity index is 1.67. The van der Waals surface area contributed by atoms with Gasteiger partial charge in [0.1, 0.15) is 0 Å². The zero-order valence-electron chi connectivity index (χ0n) is 17.0. The molecule has 0 radical (unpaired) electrons. The third kappa shape index (κ3) is 4.77. The third-order valence-electron chi connectivity index (χ3n) is 4.97. The van der Waals surface area contributed by atoms with Crippen LogP contribution in [0, 0.1) is 0 Å². The van der Waals surface area contributed by atoms with Gasteiger partial charge in [-0.05, 0) is 59.7 Å². The van der Waals surface area contributed by atoms with Gasteiger partial charge in [-0.25, -0.2) is 18.1 Å². The summed E-state index contributed by atoms with van der Waals surface area (Å²) in [6, 6.07) is 17.1. The molecule has 0 spiro atoms. The summed E-state index contributed by atoms with van der Waals surface area (Å²) in [5.41, 5.74) is 2.67. The van der Waals surface area contributed by atoms with E-state index < -0.39 is 10.0 Å². The average Bonchev–Trinajstić information content (AvgIpc) is 3.24. The Hall–Kier alpha value is -2.94. The van der Waals surface area contributed by atoms with Gasteiger partial charge in [-0.15, -0.1) is 0 Å². The van der Waals surface area contributed by atoms with Crippen LogP contribution in [0.2, 0.25) is 10.0 Å². The SMILES string of the molecule is CN=C(NS(=O)(=O)c1ccc(Cl)cc1)N1CC(c2ccncc2)C(c2ccc(Cl)cc2)=N1. The molecular weight excluding hydrogens is 469 g/mol. The molecule has 7 nitrogen and oxygen atoms in total. The van der Waals surface area contributed by atoms with E-state index in [0.717, 1.165) is 16.8 Å². The van der Waals surface area contributed by atoms with Gasteiger partial charge >= 0.3 is 0 Å². The molecule has 0 saturated carbocycles. The van der Waals surface area contributed by atoms with E-state index in [2.05, 4.69) is 14.7 Å². The van der Waals surface area contributed by atoms with Crippen molar-refractivity contribution in [2.45, 2.75) is 10.8 Å². The molecule has 10 heteroatoms. The smallest absolute Gasteiger partial charge is 0.264 e. The van der Waals surface area contributed by atoms with Crippen LogP contribution in [0.1, 0.15) is 17.0 Å². The number of sulfonamides is 1. The zero-order valence-corrected chi connectivity index (χ0v) is 19.3. The molecule has 164 valence electrons. The molecule has 0 amide bonds. The lowest BCUT2D eigenvalue weighted by atomic mass is 9.91. The first kappa shape index (κ1) is 22.3. The molecule has 1 aliphatic heterocycles. The van der Waals surface area contributed by atoms with Gasteiger partial charge in [0.05, 0.1) is 17.2 Å². The summed E-state index contributed by atoms with van der Waals surface area (Å²) in [7, 11) is -2.36. The monoisotopic (exact) mass is 487 g/mol. The van der Waals surface area contributed by atoms with E-state index in [9.17, 15) is 8.42 Å². The molecule has 0 aliphatic carbocycles. The van der Waals surface area contributed by atoms with Crippen molar-refractivity contribution in [1.29, 1.82) is 0 Å².